The first-order valence-corrected chi connectivity index (χ1v) is 5.33. The largest absolute Gasteiger partial charge is 0.390 e. The summed E-state index contributed by atoms with van der Waals surface area (Å²) in [6, 6.07) is 7.16. The maximum atomic E-state index is 9.90. The molecule has 0 saturated heterocycles. The highest BCUT2D eigenvalue weighted by molar-refractivity contribution is 5.45. The number of hydrogen-bond donors (Lipinski definition) is 3. The normalized spacial score (nSPS) is 13.6. The Morgan fingerprint density at radius 1 is 1.47 bits per heavy atom. The zero-order valence-electron chi connectivity index (χ0n) is 9.61. The first-order valence-electron chi connectivity index (χ1n) is 5.33. The van der Waals surface area contributed by atoms with Gasteiger partial charge in [0.1, 0.15) is 6.10 Å². The maximum absolute atomic E-state index is 9.90. The van der Waals surface area contributed by atoms with E-state index in [0.29, 0.717) is 5.56 Å². The van der Waals surface area contributed by atoms with Crippen LogP contribution >= 0.6 is 0 Å². The minimum absolute atomic E-state index is 0.167. The molecule has 0 aromatic heterocycles. The Morgan fingerprint density at radius 3 is 2.88 bits per heavy atom. The van der Waals surface area contributed by atoms with Crippen LogP contribution in [0.2, 0.25) is 0 Å². The summed E-state index contributed by atoms with van der Waals surface area (Å²) in [6.07, 6.45) is -1.68. The van der Waals surface area contributed by atoms with Crippen molar-refractivity contribution in [3.63, 3.8) is 0 Å². The van der Waals surface area contributed by atoms with Crippen molar-refractivity contribution in [1.29, 1.82) is 0 Å². The lowest BCUT2D eigenvalue weighted by Crippen LogP contribution is -2.19. The number of nitrogens with zero attached hydrogens (tertiary/aromatic N) is 3. The predicted molar refractivity (Wildman–Crippen MR) is 65.6 cm³/mol. The van der Waals surface area contributed by atoms with Crippen LogP contribution in [0.15, 0.2) is 29.4 Å². The molecule has 17 heavy (non-hydrogen) atoms. The number of aliphatic hydroxyl groups is 2. The van der Waals surface area contributed by atoms with Crippen LogP contribution in [0.25, 0.3) is 10.4 Å². The third-order valence-corrected chi connectivity index (χ3v) is 2.47. The number of rotatable bonds is 6. The molecule has 2 atom stereocenters. The standard InChI is InChI=1S/C11H16N4O2/c1-13-9-4-2-3-8(7-9)11(17)10(16)5-6-14-15-12/h2-4,7,10-11,13,16-17H,5-6H2,1H3. The van der Waals surface area contributed by atoms with Gasteiger partial charge in [-0.1, -0.05) is 17.2 Å². The molecule has 0 fully saturated rings. The number of anilines is 1. The van der Waals surface area contributed by atoms with Crippen molar-refractivity contribution in [3.8, 4) is 0 Å². The van der Waals surface area contributed by atoms with Gasteiger partial charge in [-0.3, -0.25) is 0 Å². The van der Waals surface area contributed by atoms with E-state index < -0.39 is 12.2 Å². The molecule has 6 heteroatoms. The lowest BCUT2D eigenvalue weighted by molar-refractivity contribution is 0.0151. The molecule has 3 N–H and O–H groups in total. The highest BCUT2D eigenvalue weighted by Crippen LogP contribution is 2.21. The second-order valence-corrected chi connectivity index (χ2v) is 3.63. The molecule has 0 aliphatic carbocycles. The summed E-state index contributed by atoms with van der Waals surface area (Å²) in [5.41, 5.74) is 9.60. The van der Waals surface area contributed by atoms with Gasteiger partial charge in [-0.05, 0) is 29.6 Å². The van der Waals surface area contributed by atoms with Crippen LogP contribution in [-0.4, -0.2) is 29.9 Å². The van der Waals surface area contributed by atoms with E-state index in [2.05, 4.69) is 15.3 Å². The number of hydrogen-bond acceptors (Lipinski definition) is 4. The van der Waals surface area contributed by atoms with Crippen LogP contribution in [0.5, 0.6) is 0 Å². The topological polar surface area (TPSA) is 101 Å². The van der Waals surface area contributed by atoms with Crippen molar-refractivity contribution in [2.24, 2.45) is 5.11 Å². The van der Waals surface area contributed by atoms with Gasteiger partial charge in [0, 0.05) is 24.2 Å². The lowest BCUT2D eigenvalue weighted by Gasteiger charge is -2.18. The van der Waals surface area contributed by atoms with Crippen molar-refractivity contribution < 1.29 is 10.2 Å². The summed E-state index contributed by atoms with van der Waals surface area (Å²) >= 11 is 0. The lowest BCUT2D eigenvalue weighted by atomic mass is 10.0. The van der Waals surface area contributed by atoms with Crippen LogP contribution in [-0.2, 0) is 0 Å². The van der Waals surface area contributed by atoms with E-state index >= 15 is 0 Å². The minimum atomic E-state index is -0.975. The first-order chi connectivity index (χ1) is 8.19. The first kappa shape index (κ1) is 13.3. The Bertz CT molecular complexity index is 404. The van der Waals surface area contributed by atoms with Gasteiger partial charge in [0.25, 0.3) is 0 Å². The smallest absolute Gasteiger partial charge is 0.105 e. The second kappa shape index (κ2) is 6.75. The highest BCUT2D eigenvalue weighted by atomic mass is 16.3. The van der Waals surface area contributed by atoms with E-state index in [9.17, 15) is 10.2 Å². The van der Waals surface area contributed by atoms with Crippen LogP contribution in [0.1, 0.15) is 18.1 Å². The van der Waals surface area contributed by atoms with Gasteiger partial charge < -0.3 is 15.5 Å². The number of benzene rings is 1. The van der Waals surface area contributed by atoms with Gasteiger partial charge in [-0.15, -0.1) is 0 Å². The molecule has 6 nitrogen and oxygen atoms in total. The van der Waals surface area contributed by atoms with Gasteiger partial charge in [0.05, 0.1) is 6.10 Å². The number of azide groups is 1. The van der Waals surface area contributed by atoms with E-state index in [1.807, 2.05) is 6.07 Å². The molecule has 1 aromatic rings. The number of aliphatic hydroxyl groups excluding tert-OH is 2. The number of nitrogens with one attached hydrogen (secondary N) is 1. The van der Waals surface area contributed by atoms with Crippen LogP contribution in [0, 0.1) is 0 Å². The molecular formula is C11H16N4O2. The Labute approximate surface area is 99.5 Å². The molecule has 0 aliphatic heterocycles. The molecule has 0 amide bonds. The maximum Gasteiger partial charge on any atom is 0.105 e. The summed E-state index contributed by atoms with van der Waals surface area (Å²) in [5.74, 6) is 0. The van der Waals surface area contributed by atoms with Crippen LogP contribution in [0.4, 0.5) is 5.69 Å². The van der Waals surface area contributed by atoms with Crippen molar-refractivity contribution in [2.45, 2.75) is 18.6 Å². The van der Waals surface area contributed by atoms with Gasteiger partial charge in [0.2, 0.25) is 0 Å². The Hall–Kier alpha value is -1.75. The molecule has 92 valence electrons. The second-order valence-electron chi connectivity index (χ2n) is 3.63. The van der Waals surface area contributed by atoms with Crippen LogP contribution < -0.4 is 5.32 Å². The van der Waals surface area contributed by atoms with E-state index in [1.165, 1.54) is 0 Å². The van der Waals surface area contributed by atoms with Gasteiger partial charge >= 0.3 is 0 Å². The molecule has 1 rings (SSSR count). The quantitative estimate of drug-likeness (QED) is 0.399. The van der Waals surface area contributed by atoms with Crippen LogP contribution in [0.3, 0.4) is 0 Å². The van der Waals surface area contributed by atoms with Gasteiger partial charge in [-0.2, -0.15) is 0 Å². The van der Waals surface area contributed by atoms with Crippen molar-refractivity contribution in [3.05, 3.63) is 40.3 Å². The fraction of sp³-hybridized carbons (Fsp3) is 0.455. The van der Waals surface area contributed by atoms with Gasteiger partial charge in [0.15, 0.2) is 0 Å². The third kappa shape index (κ3) is 3.96. The predicted octanol–water partition coefficient (Wildman–Crippen LogP) is 1.82. The molecule has 0 heterocycles. The van der Waals surface area contributed by atoms with E-state index in [-0.39, 0.29) is 13.0 Å². The third-order valence-electron chi connectivity index (χ3n) is 2.47. The molecule has 0 radical (unpaired) electrons. The molecule has 0 bridgehead atoms. The van der Waals surface area contributed by atoms with E-state index in [1.54, 1.807) is 25.2 Å². The molecule has 0 spiro atoms. The minimum Gasteiger partial charge on any atom is -0.390 e. The average Bonchev–Trinajstić information content (AvgIpc) is 2.38. The molecular weight excluding hydrogens is 220 g/mol. The van der Waals surface area contributed by atoms with E-state index in [0.717, 1.165) is 5.69 Å². The molecule has 2 unspecified atom stereocenters. The average molecular weight is 236 g/mol. The molecule has 0 saturated carbocycles. The Kier molecular flexibility index (Phi) is 5.29. The zero-order chi connectivity index (χ0) is 12.7. The zero-order valence-corrected chi connectivity index (χ0v) is 9.61. The monoisotopic (exact) mass is 236 g/mol. The Morgan fingerprint density at radius 2 is 2.24 bits per heavy atom. The highest BCUT2D eigenvalue weighted by Gasteiger charge is 2.17. The fourth-order valence-corrected chi connectivity index (χ4v) is 1.49. The van der Waals surface area contributed by atoms with Gasteiger partial charge in [-0.25, -0.2) is 0 Å². The summed E-state index contributed by atoms with van der Waals surface area (Å²) in [4.78, 5) is 2.59. The summed E-state index contributed by atoms with van der Waals surface area (Å²) < 4.78 is 0. The molecule has 1 aromatic carbocycles. The molecule has 0 aliphatic rings. The SMILES string of the molecule is CNc1cccc(C(O)C(O)CCN=[N+]=[N-])c1. The summed E-state index contributed by atoms with van der Waals surface area (Å²) in [7, 11) is 1.78. The van der Waals surface area contributed by atoms with Crippen molar-refractivity contribution in [2.75, 3.05) is 18.9 Å². The Balaban J connectivity index is 2.66. The summed E-state index contributed by atoms with van der Waals surface area (Å²) in [6.45, 7) is 0.167. The van der Waals surface area contributed by atoms with Crippen molar-refractivity contribution >= 4 is 5.69 Å². The summed E-state index contributed by atoms with van der Waals surface area (Å²) in [5, 5.41) is 25.9. The fourth-order valence-electron chi connectivity index (χ4n) is 1.49. The van der Waals surface area contributed by atoms with Crippen molar-refractivity contribution in [1.82, 2.24) is 0 Å². The van der Waals surface area contributed by atoms with E-state index in [4.69, 9.17) is 5.53 Å².